The summed E-state index contributed by atoms with van der Waals surface area (Å²) in [5.74, 6) is -0.367. The van der Waals surface area contributed by atoms with Gasteiger partial charge in [0.25, 0.3) is 0 Å². The average molecular weight is 422 g/mol. The highest BCUT2D eigenvalue weighted by Crippen LogP contribution is 2.38. The van der Waals surface area contributed by atoms with Crippen LogP contribution >= 0.6 is 11.3 Å². The number of aryl methyl sites for hydroxylation is 1. The minimum Gasteiger partial charge on any atom is -0.465 e. The Morgan fingerprint density at radius 2 is 1.80 bits per heavy atom. The lowest BCUT2D eigenvalue weighted by atomic mass is 10.1. The Kier molecular flexibility index (Phi) is 5.33. The van der Waals surface area contributed by atoms with Crippen molar-refractivity contribution >= 4 is 44.3 Å². The van der Waals surface area contributed by atoms with Gasteiger partial charge in [0, 0.05) is 0 Å². The van der Waals surface area contributed by atoms with Crippen molar-refractivity contribution in [2.24, 2.45) is 0 Å². The van der Waals surface area contributed by atoms with E-state index in [9.17, 15) is 9.59 Å². The van der Waals surface area contributed by atoms with Crippen LogP contribution in [0.3, 0.4) is 0 Å². The Balaban J connectivity index is 1.85. The van der Waals surface area contributed by atoms with Crippen molar-refractivity contribution in [2.75, 3.05) is 13.7 Å². The molecular weight excluding hydrogens is 404 g/mol. The third-order valence-electron chi connectivity index (χ3n) is 4.61. The molecule has 0 fully saturated rings. The van der Waals surface area contributed by atoms with Crippen molar-refractivity contribution < 1.29 is 23.8 Å². The van der Waals surface area contributed by atoms with Crippen LogP contribution in [0.15, 0.2) is 42.7 Å². The number of benzene rings is 2. The molecule has 8 heteroatoms. The van der Waals surface area contributed by atoms with E-state index in [0.29, 0.717) is 26.4 Å². The van der Waals surface area contributed by atoms with E-state index in [0.717, 1.165) is 10.8 Å². The first-order valence-corrected chi connectivity index (χ1v) is 10.0. The number of ether oxygens (including phenoxy) is 3. The quantitative estimate of drug-likeness (QED) is 0.422. The maximum Gasteiger partial charge on any atom is 0.348 e. The summed E-state index contributed by atoms with van der Waals surface area (Å²) in [6.07, 6.45) is 1.36. The van der Waals surface area contributed by atoms with Crippen LogP contribution in [0.5, 0.6) is 11.6 Å². The molecule has 30 heavy (non-hydrogen) atoms. The molecule has 0 N–H and O–H groups in total. The summed E-state index contributed by atoms with van der Waals surface area (Å²) < 4.78 is 16.1. The summed E-state index contributed by atoms with van der Waals surface area (Å²) in [5.41, 5.74) is 0.950. The first-order valence-electron chi connectivity index (χ1n) is 9.23. The van der Waals surface area contributed by atoms with Gasteiger partial charge in [-0.25, -0.2) is 19.6 Å². The number of thiophene rings is 1. The van der Waals surface area contributed by atoms with Crippen LogP contribution in [0.4, 0.5) is 0 Å². The number of hydrogen-bond acceptors (Lipinski definition) is 8. The van der Waals surface area contributed by atoms with Gasteiger partial charge in [-0.2, -0.15) is 0 Å². The van der Waals surface area contributed by atoms with E-state index in [1.807, 2.05) is 24.3 Å². The second kappa shape index (κ2) is 8.08. The zero-order valence-electron chi connectivity index (χ0n) is 16.6. The second-order valence-electron chi connectivity index (χ2n) is 6.42. The van der Waals surface area contributed by atoms with Crippen LogP contribution in [0.2, 0.25) is 0 Å². The molecule has 2 aromatic heterocycles. The van der Waals surface area contributed by atoms with Gasteiger partial charge in [-0.3, -0.25) is 0 Å². The summed E-state index contributed by atoms with van der Waals surface area (Å²) >= 11 is 1.22. The lowest BCUT2D eigenvalue weighted by Crippen LogP contribution is -2.05. The number of hydrogen-bond donors (Lipinski definition) is 0. The van der Waals surface area contributed by atoms with Gasteiger partial charge in [0.1, 0.15) is 27.3 Å². The van der Waals surface area contributed by atoms with E-state index in [-0.39, 0.29) is 18.1 Å². The SMILES string of the molecule is CCOC(=O)c1sc2ncnc(Oc3cc4ccccc4cc3C(=O)OC)c2c1C. The van der Waals surface area contributed by atoms with Crippen molar-refractivity contribution in [3.8, 4) is 11.6 Å². The van der Waals surface area contributed by atoms with E-state index in [1.165, 1.54) is 24.8 Å². The molecule has 4 aromatic rings. The summed E-state index contributed by atoms with van der Waals surface area (Å²) in [4.78, 5) is 34.2. The molecule has 0 aliphatic rings. The molecule has 0 bridgehead atoms. The Bertz CT molecular complexity index is 1280. The molecule has 0 unspecified atom stereocenters. The molecule has 0 radical (unpaired) electrons. The van der Waals surface area contributed by atoms with Gasteiger partial charge in [0.15, 0.2) is 0 Å². The summed E-state index contributed by atoms with van der Waals surface area (Å²) in [5, 5.41) is 2.39. The average Bonchev–Trinajstić information content (AvgIpc) is 3.10. The highest BCUT2D eigenvalue weighted by molar-refractivity contribution is 7.20. The van der Waals surface area contributed by atoms with Gasteiger partial charge in [-0.15, -0.1) is 11.3 Å². The third-order valence-corrected chi connectivity index (χ3v) is 5.79. The van der Waals surface area contributed by atoms with E-state index < -0.39 is 11.9 Å². The maximum absolute atomic E-state index is 12.4. The molecular formula is C22H18N2O5S. The van der Waals surface area contributed by atoms with Gasteiger partial charge in [-0.05, 0) is 42.3 Å². The van der Waals surface area contributed by atoms with Crippen LogP contribution in [0, 0.1) is 6.92 Å². The summed E-state index contributed by atoms with van der Waals surface area (Å²) in [7, 11) is 1.32. The number of rotatable bonds is 5. The number of esters is 2. The number of aromatic nitrogens is 2. The molecule has 2 aromatic carbocycles. The number of carbonyl (C=O) groups is 2. The zero-order valence-corrected chi connectivity index (χ0v) is 17.4. The van der Waals surface area contributed by atoms with Crippen LogP contribution in [-0.2, 0) is 9.47 Å². The molecule has 152 valence electrons. The Morgan fingerprint density at radius 3 is 2.50 bits per heavy atom. The second-order valence-corrected chi connectivity index (χ2v) is 7.42. The predicted octanol–water partition coefficient (Wildman–Crippen LogP) is 4.91. The van der Waals surface area contributed by atoms with Crippen LogP contribution < -0.4 is 4.74 Å². The Morgan fingerprint density at radius 1 is 1.07 bits per heavy atom. The van der Waals surface area contributed by atoms with Crippen LogP contribution in [0.1, 0.15) is 32.5 Å². The summed E-state index contributed by atoms with van der Waals surface area (Å²) in [6, 6.07) is 11.1. The lowest BCUT2D eigenvalue weighted by molar-refractivity contribution is 0.0530. The molecule has 0 amide bonds. The minimum absolute atomic E-state index is 0.254. The van der Waals surface area contributed by atoms with E-state index in [2.05, 4.69) is 9.97 Å². The number of fused-ring (bicyclic) bond motifs is 2. The van der Waals surface area contributed by atoms with E-state index >= 15 is 0 Å². The van der Waals surface area contributed by atoms with Gasteiger partial charge < -0.3 is 14.2 Å². The largest absolute Gasteiger partial charge is 0.465 e. The lowest BCUT2D eigenvalue weighted by Gasteiger charge is -2.12. The third kappa shape index (κ3) is 3.46. The van der Waals surface area contributed by atoms with Crippen molar-refractivity contribution in [1.82, 2.24) is 9.97 Å². The Hall–Kier alpha value is -3.52. The van der Waals surface area contributed by atoms with E-state index in [4.69, 9.17) is 14.2 Å². The van der Waals surface area contributed by atoms with E-state index in [1.54, 1.807) is 26.0 Å². The van der Waals surface area contributed by atoms with Crippen LogP contribution in [0.25, 0.3) is 21.0 Å². The smallest absolute Gasteiger partial charge is 0.348 e. The molecule has 0 saturated carbocycles. The highest BCUT2D eigenvalue weighted by Gasteiger charge is 2.23. The van der Waals surface area contributed by atoms with Crippen molar-refractivity contribution in [3.63, 3.8) is 0 Å². The predicted molar refractivity (Wildman–Crippen MR) is 113 cm³/mol. The number of carbonyl (C=O) groups excluding carboxylic acids is 2. The van der Waals surface area contributed by atoms with Gasteiger partial charge in [0.05, 0.1) is 19.1 Å². The molecule has 7 nitrogen and oxygen atoms in total. The molecule has 0 saturated heterocycles. The molecule has 2 heterocycles. The molecule has 4 rings (SSSR count). The zero-order chi connectivity index (χ0) is 21.3. The van der Waals surface area contributed by atoms with Crippen molar-refractivity contribution in [1.29, 1.82) is 0 Å². The normalized spacial score (nSPS) is 10.9. The first kappa shape index (κ1) is 19.8. The number of nitrogens with zero attached hydrogens (tertiary/aromatic N) is 2. The fourth-order valence-electron chi connectivity index (χ4n) is 3.19. The topological polar surface area (TPSA) is 87.6 Å². The Labute approximate surface area is 176 Å². The molecule has 0 aliphatic heterocycles. The van der Waals surface area contributed by atoms with Gasteiger partial charge >= 0.3 is 11.9 Å². The minimum atomic E-state index is -0.518. The molecule has 0 aliphatic carbocycles. The van der Waals surface area contributed by atoms with Crippen LogP contribution in [-0.4, -0.2) is 35.6 Å². The van der Waals surface area contributed by atoms with Gasteiger partial charge in [-0.1, -0.05) is 24.3 Å². The highest BCUT2D eigenvalue weighted by atomic mass is 32.1. The monoisotopic (exact) mass is 422 g/mol. The fraction of sp³-hybridized carbons (Fsp3) is 0.182. The standard InChI is InChI=1S/C22H18N2O5S/c1-4-28-22(26)18-12(2)17-19(23-11-24-20(17)30-18)29-16-10-14-8-6-5-7-13(14)9-15(16)21(25)27-3/h5-11H,4H2,1-3H3. The fourth-order valence-corrected chi connectivity index (χ4v) is 4.22. The molecule has 0 spiro atoms. The van der Waals surface area contributed by atoms with Gasteiger partial charge in [0.2, 0.25) is 5.88 Å². The first-order chi connectivity index (χ1) is 14.5. The summed E-state index contributed by atoms with van der Waals surface area (Å²) in [6.45, 7) is 3.83. The molecule has 0 atom stereocenters. The number of methoxy groups -OCH3 is 1. The maximum atomic E-state index is 12.4. The van der Waals surface area contributed by atoms with Crippen molar-refractivity contribution in [2.45, 2.75) is 13.8 Å². The van der Waals surface area contributed by atoms with Crippen molar-refractivity contribution in [3.05, 3.63) is 58.7 Å².